The maximum Gasteiger partial charge on any atom is 0.203 e. The van der Waals surface area contributed by atoms with Gasteiger partial charge in [0.2, 0.25) is 5.75 Å². The molecule has 1 atom stereocenters. The number of benzene rings is 2. The van der Waals surface area contributed by atoms with Crippen molar-refractivity contribution in [2.45, 2.75) is 25.3 Å². The molecule has 0 bridgehead atoms. The fourth-order valence-electron chi connectivity index (χ4n) is 3.69. The van der Waals surface area contributed by atoms with Crippen molar-refractivity contribution in [2.75, 3.05) is 34.4 Å². The minimum absolute atomic E-state index is 0.288. The summed E-state index contributed by atoms with van der Waals surface area (Å²) in [6.45, 7) is 1.70. The highest BCUT2D eigenvalue weighted by atomic mass is 32.1. The van der Waals surface area contributed by atoms with Crippen molar-refractivity contribution in [3.8, 4) is 23.0 Å². The molecule has 0 aromatic heterocycles. The van der Waals surface area contributed by atoms with Gasteiger partial charge in [-0.3, -0.25) is 0 Å². The van der Waals surface area contributed by atoms with E-state index in [0.29, 0.717) is 23.3 Å². The van der Waals surface area contributed by atoms with Crippen molar-refractivity contribution in [1.82, 2.24) is 10.2 Å². The molecule has 1 aliphatic rings. The zero-order valence-corrected chi connectivity index (χ0v) is 17.9. The second-order valence-electron chi connectivity index (χ2n) is 7.04. The topological polar surface area (TPSA) is 63.2 Å². The molecule has 0 aliphatic carbocycles. The van der Waals surface area contributed by atoms with Crippen LogP contribution in [0.25, 0.3) is 0 Å². The standard InChI is InChI=1S/C22H28N2O4S/c1-26-19-12-16(13-20(27-2)21(19)28-3)5-4-10-24-17(14-23-22(24)29)11-15-6-8-18(25)9-7-15/h6-9,12-13,17,25H,4-5,10-11,14H2,1-3H3,(H,23,29)/t17-/m1/s1. The lowest BCUT2D eigenvalue weighted by Crippen LogP contribution is -2.36. The van der Waals surface area contributed by atoms with Crippen LogP contribution < -0.4 is 19.5 Å². The highest BCUT2D eigenvalue weighted by Crippen LogP contribution is 2.38. The Morgan fingerprint density at radius 3 is 2.28 bits per heavy atom. The Labute approximate surface area is 177 Å². The number of hydrogen-bond acceptors (Lipinski definition) is 5. The van der Waals surface area contributed by atoms with Crippen molar-refractivity contribution in [3.63, 3.8) is 0 Å². The molecule has 1 saturated heterocycles. The lowest BCUT2D eigenvalue weighted by molar-refractivity contribution is 0.323. The number of rotatable bonds is 9. The number of nitrogens with zero attached hydrogens (tertiary/aromatic N) is 1. The number of aryl methyl sites for hydroxylation is 1. The van der Waals surface area contributed by atoms with Gasteiger partial charge in [0, 0.05) is 13.1 Å². The molecule has 2 aromatic rings. The Kier molecular flexibility index (Phi) is 7.04. The first-order chi connectivity index (χ1) is 14.0. The monoisotopic (exact) mass is 416 g/mol. The van der Waals surface area contributed by atoms with Crippen molar-refractivity contribution >= 4 is 17.3 Å². The molecule has 0 saturated carbocycles. The van der Waals surface area contributed by atoms with Gasteiger partial charge in [0.1, 0.15) is 5.75 Å². The van der Waals surface area contributed by atoms with E-state index in [-0.39, 0.29) is 5.75 Å². The average molecular weight is 417 g/mol. The molecule has 2 N–H and O–H groups in total. The van der Waals surface area contributed by atoms with Gasteiger partial charge in [-0.15, -0.1) is 0 Å². The van der Waals surface area contributed by atoms with Crippen molar-refractivity contribution in [3.05, 3.63) is 47.5 Å². The van der Waals surface area contributed by atoms with E-state index in [9.17, 15) is 5.11 Å². The number of methoxy groups -OCH3 is 3. The second kappa shape index (κ2) is 9.69. The fraction of sp³-hybridized carbons (Fsp3) is 0.409. The number of aromatic hydroxyl groups is 1. The molecule has 0 radical (unpaired) electrons. The van der Waals surface area contributed by atoms with Gasteiger partial charge in [0.25, 0.3) is 0 Å². The van der Waals surface area contributed by atoms with E-state index in [1.54, 1.807) is 33.5 Å². The molecule has 7 heteroatoms. The highest BCUT2D eigenvalue weighted by molar-refractivity contribution is 7.80. The van der Waals surface area contributed by atoms with E-state index in [2.05, 4.69) is 10.2 Å². The molecule has 3 rings (SSSR count). The van der Waals surface area contributed by atoms with Crippen LogP contribution in [0.1, 0.15) is 17.5 Å². The van der Waals surface area contributed by atoms with Gasteiger partial charge < -0.3 is 29.5 Å². The lowest BCUT2D eigenvalue weighted by atomic mass is 10.0. The molecule has 0 spiro atoms. The summed E-state index contributed by atoms with van der Waals surface area (Å²) in [6.07, 6.45) is 2.71. The minimum atomic E-state index is 0.288. The summed E-state index contributed by atoms with van der Waals surface area (Å²) in [5.74, 6) is 2.24. The van der Waals surface area contributed by atoms with E-state index >= 15 is 0 Å². The molecule has 0 unspecified atom stereocenters. The molecule has 1 heterocycles. The molecule has 0 amide bonds. The lowest BCUT2D eigenvalue weighted by Gasteiger charge is -2.25. The highest BCUT2D eigenvalue weighted by Gasteiger charge is 2.27. The van der Waals surface area contributed by atoms with Gasteiger partial charge in [-0.1, -0.05) is 12.1 Å². The first kappa shape index (κ1) is 21.0. The van der Waals surface area contributed by atoms with E-state index in [1.165, 1.54) is 5.56 Å². The minimum Gasteiger partial charge on any atom is -0.508 e. The van der Waals surface area contributed by atoms with Gasteiger partial charge in [-0.25, -0.2) is 0 Å². The van der Waals surface area contributed by atoms with Crippen LogP contribution in [0.15, 0.2) is 36.4 Å². The summed E-state index contributed by atoms with van der Waals surface area (Å²) >= 11 is 5.51. The third-order valence-corrected chi connectivity index (χ3v) is 5.57. The Bertz CT molecular complexity index is 816. The van der Waals surface area contributed by atoms with Crippen molar-refractivity contribution < 1.29 is 19.3 Å². The van der Waals surface area contributed by atoms with Crippen LogP contribution in [0.5, 0.6) is 23.0 Å². The molecule has 6 nitrogen and oxygen atoms in total. The summed E-state index contributed by atoms with van der Waals surface area (Å²) in [5.41, 5.74) is 2.32. The fourth-order valence-corrected chi connectivity index (χ4v) is 4.01. The van der Waals surface area contributed by atoms with Crippen LogP contribution in [0.3, 0.4) is 0 Å². The summed E-state index contributed by atoms with van der Waals surface area (Å²) in [6, 6.07) is 11.7. The first-order valence-corrected chi connectivity index (χ1v) is 10.1. The van der Waals surface area contributed by atoms with Gasteiger partial charge in [-0.2, -0.15) is 0 Å². The molecule has 1 aliphatic heterocycles. The number of phenols is 1. The van der Waals surface area contributed by atoms with Crippen molar-refractivity contribution in [2.24, 2.45) is 0 Å². The molecule has 1 fully saturated rings. The van der Waals surface area contributed by atoms with Crippen LogP contribution in [-0.2, 0) is 12.8 Å². The summed E-state index contributed by atoms with van der Waals surface area (Å²) in [4.78, 5) is 2.26. The maximum atomic E-state index is 9.47. The molecule has 156 valence electrons. The van der Waals surface area contributed by atoms with Crippen LogP contribution >= 0.6 is 12.2 Å². The van der Waals surface area contributed by atoms with Gasteiger partial charge in [0.15, 0.2) is 16.6 Å². The SMILES string of the molecule is COc1cc(CCCN2C(=S)NC[C@H]2Cc2ccc(O)cc2)cc(OC)c1OC. The van der Waals surface area contributed by atoms with E-state index in [1.807, 2.05) is 24.3 Å². The maximum absolute atomic E-state index is 9.47. The van der Waals surface area contributed by atoms with Gasteiger partial charge in [0.05, 0.1) is 27.4 Å². The number of hydrogen-bond donors (Lipinski definition) is 2. The quantitative estimate of drug-likeness (QED) is 0.609. The van der Waals surface area contributed by atoms with Crippen LogP contribution in [-0.4, -0.2) is 55.6 Å². The zero-order chi connectivity index (χ0) is 20.8. The van der Waals surface area contributed by atoms with Crippen LogP contribution in [0.4, 0.5) is 0 Å². The summed E-state index contributed by atoms with van der Waals surface area (Å²) in [5, 5.41) is 13.6. The first-order valence-electron chi connectivity index (χ1n) is 9.67. The van der Waals surface area contributed by atoms with E-state index in [4.69, 9.17) is 26.4 Å². The van der Waals surface area contributed by atoms with Gasteiger partial charge >= 0.3 is 0 Å². The number of ether oxygens (including phenoxy) is 3. The Balaban J connectivity index is 1.62. The predicted molar refractivity (Wildman–Crippen MR) is 117 cm³/mol. The predicted octanol–water partition coefficient (Wildman–Crippen LogP) is 3.15. The number of nitrogens with one attached hydrogen (secondary N) is 1. The number of phenolic OH excluding ortho intramolecular Hbond substituents is 1. The van der Waals surface area contributed by atoms with E-state index in [0.717, 1.165) is 43.0 Å². The number of thiocarbonyl (C=S) groups is 1. The van der Waals surface area contributed by atoms with E-state index < -0.39 is 0 Å². The molecule has 29 heavy (non-hydrogen) atoms. The third kappa shape index (κ3) is 5.03. The smallest absolute Gasteiger partial charge is 0.203 e. The molecular formula is C22H28N2O4S. The Morgan fingerprint density at radius 1 is 1.03 bits per heavy atom. The average Bonchev–Trinajstić information content (AvgIpc) is 3.08. The summed E-state index contributed by atoms with van der Waals surface area (Å²) in [7, 11) is 4.86. The second-order valence-corrected chi connectivity index (χ2v) is 7.43. The molecular weight excluding hydrogens is 388 g/mol. The summed E-state index contributed by atoms with van der Waals surface area (Å²) < 4.78 is 16.3. The molecule has 2 aromatic carbocycles. The van der Waals surface area contributed by atoms with Crippen LogP contribution in [0.2, 0.25) is 0 Å². The van der Waals surface area contributed by atoms with Crippen molar-refractivity contribution in [1.29, 1.82) is 0 Å². The van der Waals surface area contributed by atoms with Gasteiger partial charge in [-0.05, 0) is 66.9 Å². The zero-order valence-electron chi connectivity index (χ0n) is 17.1. The van der Waals surface area contributed by atoms with Crippen LogP contribution in [0, 0.1) is 0 Å². The normalized spacial score (nSPS) is 15.9. The Hall–Kier alpha value is -2.67. The largest absolute Gasteiger partial charge is 0.508 e. The Morgan fingerprint density at radius 2 is 1.69 bits per heavy atom. The third-order valence-electron chi connectivity index (χ3n) is 5.19.